The van der Waals surface area contributed by atoms with E-state index >= 15 is 0 Å². The summed E-state index contributed by atoms with van der Waals surface area (Å²) in [6.45, 7) is 0.395. The maximum Gasteiger partial charge on any atom is 0.312 e. The van der Waals surface area contributed by atoms with Crippen LogP contribution in [0.4, 0.5) is 4.79 Å². The van der Waals surface area contributed by atoms with Gasteiger partial charge in [-0.05, 0) is 12.3 Å². The Kier molecular flexibility index (Phi) is 3.39. The van der Waals surface area contributed by atoms with Crippen LogP contribution in [0, 0.1) is 0 Å². The van der Waals surface area contributed by atoms with Crippen molar-refractivity contribution in [1.29, 1.82) is 0 Å². The third-order valence-corrected chi connectivity index (χ3v) is 0.530. The van der Waals surface area contributed by atoms with Crippen molar-refractivity contribution in [2.24, 2.45) is 11.5 Å². The van der Waals surface area contributed by atoms with Gasteiger partial charge in [-0.25, -0.2) is 4.79 Å². The maximum absolute atomic E-state index is 9.91. The average molecular weight is 115 g/mol. The van der Waals surface area contributed by atoms with Gasteiger partial charge in [-0.15, -0.1) is 0 Å². The number of hydrogen-bond donors (Lipinski definition) is 3. The molecule has 0 spiro atoms. The number of nitrogens with two attached hydrogens (primary N) is 2. The lowest BCUT2D eigenvalue weighted by Gasteiger charge is -1.91. The third-order valence-electron chi connectivity index (χ3n) is 0.530. The largest absolute Gasteiger partial charge is 0.405 e. The molecule has 0 rings (SSSR count). The molecule has 0 aromatic rings. The molecule has 0 saturated heterocycles. The van der Waals surface area contributed by atoms with Crippen molar-refractivity contribution in [2.75, 3.05) is 6.54 Å². The van der Waals surface area contributed by atoms with Crippen LogP contribution in [0.5, 0.6) is 0 Å². The number of rotatable bonds is 2. The Morgan fingerprint density at radius 3 is 2.75 bits per heavy atom. The number of hydrogen-bond acceptors (Lipinski definition) is 2. The van der Waals surface area contributed by atoms with Gasteiger partial charge in [-0.3, -0.25) is 0 Å². The highest BCUT2D eigenvalue weighted by molar-refractivity contribution is 5.71. The smallest absolute Gasteiger partial charge is 0.312 e. The number of amides is 2. The van der Waals surface area contributed by atoms with E-state index in [2.05, 4.69) is 5.32 Å². The van der Waals surface area contributed by atoms with Gasteiger partial charge in [-0.1, -0.05) is 0 Å². The normalized spacial score (nSPS) is 9.50. The Morgan fingerprint density at radius 2 is 2.38 bits per heavy atom. The summed E-state index contributed by atoms with van der Waals surface area (Å²) in [6.07, 6.45) is 2.93. The highest BCUT2D eigenvalue weighted by Gasteiger charge is 1.82. The van der Waals surface area contributed by atoms with Gasteiger partial charge in [0, 0.05) is 6.54 Å². The van der Waals surface area contributed by atoms with E-state index in [0.29, 0.717) is 6.54 Å². The van der Waals surface area contributed by atoms with Gasteiger partial charge in [0.1, 0.15) is 0 Å². The number of urea groups is 1. The van der Waals surface area contributed by atoms with Gasteiger partial charge in [0.05, 0.1) is 0 Å². The predicted octanol–water partition coefficient (Wildman–Crippen LogP) is -0.873. The van der Waals surface area contributed by atoms with Crippen LogP contribution in [0.1, 0.15) is 0 Å². The lowest BCUT2D eigenvalue weighted by molar-refractivity contribution is 0.250. The Balaban J connectivity index is 3.05. The van der Waals surface area contributed by atoms with Gasteiger partial charge in [-0.2, -0.15) is 0 Å². The molecule has 0 bridgehead atoms. The van der Waals surface area contributed by atoms with E-state index in [4.69, 9.17) is 11.5 Å². The zero-order valence-electron chi connectivity index (χ0n) is 4.42. The van der Waals surface area contributed by atoms with E-state index < -0.39 is 6.03 Å². The topological polar surface area (TPSA) is 81.1 Å². The summed E-state index contributed by atoms with van der Waals surface area (Å²) in [6, 6.07) is -0.539. The molecule has 0 aliphatic carbocycles. The van der Waals surface area contributed by atoms with Crippen molar-refractivity contribution >= 4 is 6.03 Å². The number of carbonyl (C=O) groups excluding carboxylic acids is 1. The van der Waals surface area contributed by atoms with Crippen LogP contribution < -0.4 is 16.8 Å². The molecule has 0 atom stereocenters. The summed E-state index contributed by atoms with van der Waals surface area (Å²) in [5.41, 5.74) is 9.65. The molecule has 0 aromatic carbocycles. The summed E-state index contributed by atoms with van der Waals surface area (Å²) in [5, 5.41) is 2.32. The van der Waals surface area contributed by atoms with E-state index in [0.717, 1.165) is 0 Å². The van der Waals surface area contributed by atoms with Crippen molar-refractivity contribution < 1.29 is 4.79 Å². The maximum atomic E-state index is 9.91. The van der Waals surface area contributed by atoms with Gasteiger partial charge in [0.2, 0.25) is 0 Å². The second-order valence-electron chi connectivity index (χ2n) is 1.17. The number of primary amides is 1. The van der Waals surface area contributed by atoms with Gasteiger partial charge in [0.15, 0.2) is 0 Å². The highest BCUT2D eigenvalue weighted by atomic mass is 16.2. The van der Waals surface area contributed by atoms with Crippen molar-refractivity contribution in [3.8, 4) is 0 Å². The molecular weight excluding hydrogens is 106 g/mol. The van der Waals surface area contributed by atoms with Crippen LogP contribution in [0.2, 0.25) is 0 Å². The molecule has 4 heteroatoms. The van der Waals surface area contributed by atoms with Gasteiger partial charge < -0.3 is 16.8 Å². The molecule has 46 valence electrons. The lowest BCUT2D eigenvalue weighted by Crippen LogP contribution is -2.29. The second kappa shape index (κ2) is 3.98. The van der Waals surface area contributed by atoms with Crippen molar-refractivity contribution in [2.45, 2.75) is 0 Å². The minimum Gasteiger partial charge on any atom is -0.405 e. The fraction of sp³-hybridized carbons (Fsp3) is 0.250. The zero-order chi connectivity index (χ0) is 6.41. The Labute approximate surface area is 47.5 Å². The Bertz CT molecular complexity index is 99.5. The fourth-order valence-electron chi connectivity index (χ4n) is 0.228. The Morgan fingerprint density at radius 1 is 1.75 bits per heavy atom. The first-order valence-corrected chi connectivity index (χ1v) is 2.17. The molecule has 0 unspecified atom stereocenters. The van der Waals surface area contributed by atoms with E-state index in [1.54, 1.807) is 6.08 Å². The fourth-order valence-corrected chi connectivity index (χ4v) is 0.228. The predicted molar refractivity (Wildman–Crippen MR) is 30.9 cm³/mol. The van der Waals surface area contributed by atoms with Gasteiger partial charge in [0.25, 0.3) is 0 Å². The van der Waals surface area contributed by atoms with Crippen LogP contribution >= 0.6 is 0 Å². The Hall–Kier alpha value is -1.19. The van der Waals surface area contributed by atoms with E-state index in [1.165, 1.54) is 6.20 Å². The van der Waals surface area contributed by atoms with E-state index in [1.807, 2.05) is 0 Å². The zero-order valence-corrected chi connectivity index (χ0v) is 4.42. The molecule has 0 saturated carbocycles. The van der Waals surface area contributed by atoms with Crippen molar-refractivity contribution in [3.63, 3.8) is 0 Å². The second-order valence-corrected chi connectivity index (χ2v) is 1.17. The minimum atomic E-state index is -0.539. The van der Waals surface area contributed by atoms with E-state index in [9.17, 15) is 4.79 Å². The minimum absolute atomic E-state index is 0.395. The molecular formula is C4H9N3O. The monoisotopic (exact) mass is 115 g/mol. The number of carbonyl (C=O) groups is 1. The molecule has 0 aromatic heterocycles. The molecule has 2 amide bonds. The van der Waals surface area contributed by atoms with Gasteiger partial charge >= 0.3 is 6.03 Å². The first kappa shape index (κ1) is 6.81. The molecule has 0 heterocycles. The van der Waals surface area contributed by atoms with Crippen LogP contribution in [0.15, 0.2) is 12.3 Å². The summed E-state index contributed by atoms with van der Waals surface area (Å²) >= 11 is 0. The summed E-state index contributed by atoms with van der Waals surface area (Å²) < 4.78 is 0. The average Bonchev–Trinajstić information content (AvgIpc) is 1.66. The first-order valence-electron chi connectivity index (χ1n) is 2.17. The van der Waals surface area contributed by atoms with E-state index in [-0.39, 0.29) is 0 Å². The molecule has 5 N–H and O–H groups in total. The van der Waals surface area contributed by atoms with Crippen LogP contribution in [-0.2, 0) is 0 Å². The lowest BCUT2D eigenvalue weighted by atomic mass is 10.6. The summed E-state index contributed by atoms with van der Waals surface area (Å²) in [4.78, 5) is 9.91. The molecule has 0 aliphatic heterocycles. The molecule has 8 heavy (non-hydrogen) atoms. The standard InChI is InChI=1S/C4H9N3O/c5-2-1-3-7-4(6)8/h1-2H,3,5H2,(H3,6,7,8)/b2-1+. The van der Waals surface area contributed by atoms with Crippen molar-refractivity contribution in [1.82, 2.24) is 5.32 Å². The highest BCUT2D eigenvalue weighted by Crippen LogP contribution is 1.59. The summed E-state index contributed by atoms with van der Waals surface area (Å²) in [5.74, 6) is 0. The van der Waals surface area contributed by atoms with Crippen LogP contribution in [0.25, 0.3) is 0 Å². The van der Waals surface area contributed by atoms with Crippen LogP contribution in [-0.4, -0.2) is 12.6 Å². The first-order chi connectivity index (χ1) is 3.77. The molecule has 4 nitrogen and oxygen atoms in total. The summed E-state index contributed by atoms with van der Waals surface area (Å²) in [7, 11) is 0. The van der Waals surface area contributed by atoms with Crippen LogP contribution in [0.3, 0.4) is 0 Å². The quantitative estimate of drug-likeness (QED) is 0.437. The molecule has 0 radical (unpaired) electrons. The molecule has 0 fully saturated rings. The SMILES string of the molecule is N/C=C/CNC(N)=O. The van der Waals surface area contributed by atoms with Crippen molar-refractivity contribution in [3.05, 3.63) is 12.3 Å². The third kappa shape index (κ3) is 4.81. The number of nitrogens with one attached hydrogen (secondary N) is 1. The molecule has 0 aliphatic rings.